The van der Waals surface area contributed by atoms with Gasteiger partial charge in [0.1, 0.15) is 11.7 Å². The van der Waals surface area contributed by atoms with Crippen LogP contribution >= 0.6 is 0 Å². The number of rotatable bonds is 5. The van der Waals surface area contributed by atoms with Gasteiger partial charge in [0.15, 0.2) is 6.10 Å². The van der Waals surface area contributed by atoms with E-state index in [0.717, 1.165) is 0 Å². The largest absolute Gasteiger partial charge is 0.398 e. The molecule has 8 N–H and O–H groups in total. The second-order valence-corrected chi connectivity index (χ2v) is 7.86. The Labute approximate surface area is 191 Å². The summed E-state index contributed by atoms with van der Waals surface area (Å²) in [6.07, 6.45) is -0.674. The Bertz CT molecular complexity index is 1180. The number of ether oxygens (including phenoxy) is 1. The Hall–Kier alpha value is -4.18. The molecule has 2 atom stereocenters. The first kappa shape index (κ1) is 22.0. The lowest BCUT2D eigenvalue weighted by atomic mass is 10.1. The fraction of sp³-hybridized carbons (Fsp3) is 0.217. The van der Waals surface area contributed by atoms with Crippen molar-refractivity contribution in [2.24, 2.45) is 5.73 Å². The van der Waals surface area contributed by atoms with Crippen molar-refractivity contribution in [2.45, 2.75) is 19.1 Å². The maximum absolute atomic E-state index is 12.8. The number of benzene rings is 2. The minimum atomic E-state index is -0.674. The highest BCUT2D eigenvalue weighted by Gasteiger charge is 2.32. The second kappa shape index (κ2) is 9.13. The fourth-order valence-electron chi connectivity index (χ4n) is 3.69. The Balaban J connectivity index is 1.58. The summed E-state index contributed by atoms with van der Waals surface area (Å²) in [6.45, 7) is 2.65. The van der Waals surface area contributed by atoms with Crippen LogP contribution in [0.2, 0.25) is 0 Å². The quantitative estimate of drug-likeness (QED) is 0.224. The van der Waals surface area contributed by atoms with Crippen LogP contribution in [-0.4, -0.2) is 47.0 Å². The summed E-state index contributed by atoms with van der Waals surface area (Å²) in [7, 11) is 0. The van der Waals surface area contributed by atoms with E-state index in [1.165, 1.54) is 0 Å². The topological polar surface area (TPSA) is 169 Å². The minimum Gasteiger partial charge on any atom is -0.398 e. The number of aromatic nitrogens is 2. The van der Waals surface area contributed by atoms with Gasteiger partial charge < -0.3 is 32.2 Å². The van der Waals surface area contributed by atoms with Gasteiger partial charge in [0.05, 0.1) is 24.9 Å². The average Bonchev–Trinajstić information content (AvgIpc) is 2.79. The first-order valence-electron chi connectivity index (χ1n) is 10.4. The number of hydrogen-bond donors (Lipinski definition) is 5. The number of morpholine rings is 1. The number of hydrogen-bond acceptors (Lipinski definition) is 8. The van der Waals surface area contributed by atoms with Crippen LogP contribution in [0.1, 0.15) is 12.5 Å². The molecule has 10 nitrogen and oxygen atoms in total. The van der Waals surface area contributed by atoms with Gasteiger partial charge >= 0.3 is 0 Å². The second-order valence-electron chi connectivity index (χ2n) is 7.86. The number of amidine groups is 1. The monoisotopic (exact) mass is 446 g/mol. The molecule has 1 aliphatic heterocycles. The van der Waals surface area contributed by atoms with Gasteiger partial charge in [-0.15, -0.1) is 0 Å². The molecule has 0 bridgehead atoms. The predicted molar refractivity (Wildman–Crippen MR) is 129 cm³/mol. The van der Waals surface area contributed by atoms with Gasteiger partial charge in [-0.1, -0.05) is 24.3 Å². The molecule has 1 aromatic heterocycles. The number of carbonyl (C=O) groups excluding carboxylic acids is 1. The highest BCUT2D eigenvalue weighted by atomic mass is 16.5. The van der Waals surface area contributed by atoms with E-state index in [-0.39, 0.29) is 23.7 Å². The molecule has 10 heteroatoms. The third kappa shape index (κ3) is 4.85. The van der Waals surface area contributed by atoms with E-state index in [4.69, 9.17) is 27.3 Å². The molecule has 2 aromatic carbocycles. The summed E-state index contributed by atoms with van der Waals surface area (Å²) >= 11 is 0. The van der Waals surface area contributed by atoms with Crippen LogP contribution in [0.4, 0.5) is 23.1 Å². The lowest BCUT2D eigenvalue weighted by Gasteiger charge is -2.38. The summed E-state index contributed by atoms with van der Waals surface area (Å²) < 4.78 is 5.80. The van der Waals surface area contributed by atoms with Crippen LogP contribution in [-0.2, 0) is 9.53 Å². The molecule has 33 heavy (non-hydrogen) atoms. The smallest absolute Gasteiger partial charge is 0.255 e. The highest BCUT2D eigenvalue weighted by Crippen LogP contribution is 2.28. The summed E-state index contributed by atoms with van der Waals surface area (Å²) in [4.78, 5) is 23.5. The van der Waals surface area contributed by atoms with Crippen LogP contribution in [0.3, 0.4) is 0 Å². The van der Waals surface area contributed by atoms with Crippen LogP contribution in [0.25, 0.3) is 11.3 Å². The number of nitrogens with zero attached hydrogens (tertiary/aromatic N) is 3. The molecule has 0 saturated carbocycles. The van der Waals surface area contributed by atoms with Crippen molar-refractivity contribution in [3.63, 3.8) is 0 Å². The van der Waals surface area contributed by atoms with Crippen molar-refractivity contribution in [3.05, 3.63) is 60.2 Å². The lowest BCUT2D eigenvalue weighted by molar-refractivity contribution is -0.128. The zero-order valence-corrected chi connectivity index (χ0v) is 18.2. The number of nitrogens with one attached hydrogen (secondary N) is 2. The maximum Gasteiger partial charge on any atom is 0.255 e. The third-order valence-corrected chi connectivity index (χ3v) is 5.43. The molecule has 3 aromatic rings. The van der Waals surface area contributed by atoms with Gasteiger partial charge in [-0.25, -0.2) is 4.98 Å². The molecule has 1 aliphatic rings. The molecule has 1 fully saturated rings. The Morgan fingerprint density at radius 3 is 2.61 bits per heavy atom. The minimum absolute atomic E-state index is 0.0296. The van der Waals surface area contributed by atoms with Crippen molar-refractivity contribution >= 4 is 34.9 Å². The predicted octanol–water partition coefficient (Wildman–Crippen LogP) is 1.82. The van der Waals surface area contributed by atoms with E-state index in [9.17, 15) is 4.79 Å². The molecule has 0 radical (unpaired) electrons. The number of carbonyl (C=O) groups is 1. The van der Waals surface area contributed by atoms with Crippen LogP contribution in [0, 0.1) is 5.41 Å². The zero-order valence-electron chi connectivity index (χ0n) is 18.2. The van der Waals surface area contributed by atoms with Crippen molar-refractivity contribution in [3.8, 4) is 11.3 Å². The Kier molecular flexibility index (Phi) is 6.09. The molecule has 1 saturated heterocycles. The molecule has 170 valence electrons. The van der Waals surface area contributed by atoms with Crippen molar-refractivity contribution in [1.82, 2.24) is 9.97 Å². The van der Waals surface area contributed by atoms with Gasteiger partial charge in [0.2, 0.25) is 5.95 Å². The van der Waals surface area contributed by atoms with E-state index in [1.54, 1.807) is 24.3 Å². The van der Waals surface area contributed by atoms with Crippen molar-refractivity contribution in [2.75, 3.05) is 34.8 Å². The zero-order chi connectivity index (χ0) is 23.5. The normalized spacial score (nSPS) is 18.0. The van der Waals surface area contributed by atoms with E-state index in [2.05, 4.69) is 15.3 Å². The number of para-hydroxylation sites is 1. The highest BCUT2D eigenvalue weighted by molar-refractivity contribution is 6.00. The van der Waals surface area contributed by atoms with Gasteiger partial charge in [0, 0.05) is 28.6 Å². The molecular weight excluding hydrogens is 420 g/mol. The van der Waals surface area contributed by atoms with Gasteiger partial charge in [-0.3, -0.25) is 10.2 Å². The summed E-state index contributed by atoms with van der Waals surface area (Å²) in [5.74, 6) is 0.345. The number of nitrogen functional groups attached to an aromatic ring is 3. The van der Waals surface area contributed by atoms with Crippen LogP contribution in [0.15, 0.2) is 54.6 Å². The molecule has 4 rings (SSSR count). The van der Waals surface area contributed by atoms with Gasteiger partial charge in [-0.2, -0.15) is 4.98 Å². The Morgan fingerprint density at radius 1 is 1.15 bits per heavy atom. The summed E-state index contributed by atoms with van der Waals surface area (Å²) in [5, 5.41) is 10.5. The lowest BCUT2D eigenvalue weighted by Crippen LogP contribution is -2.52. The molecule has 1 amide bonds. The van der Waals surface area contributed by atoms with Gasteiger partial charge in [0.25, 0.3) is 5.91 Å². The standard InChI is InChI=1S/C23H26N8O2/c1-13-12-33-19(22(32)28-15-5-3-2-4-6-15)11-31(13)20-10-18(29-23(27)30-20)14-7-8-16(21(25)26)17(24)9-14/h2-10,13,19H,11-12,24H2,1H3,(H3,25,26)(H,28,32)(H2,27,29,30). The summed E-state index contributed by atoms with van der Waals surface area (Å²) in [6, 6.07) is 16.1. The first-order valence-corrected chi connectivity index (χ1v) is 10.4. The first-order chi connectivity index (χ1) is 15.8. The average molecular weight is 447 g/mol. The number of nitrogens with two attached hydrogens (primary N) is 3. The van der Waals surface area contributed by atoms with Crippen LogP contribution in [0.5, 0.6) is 0 Å². The van der Waals surface area contributed by atoms with E-state index < -0.39 is 6.10 Å². The summed E-state index contributed by atoms with van der Waals surface area (Å²) in [5.41, 5.74) is 20.4. The number of anilines is 4. The molecule has 2 unspecified atom stereocenters. The Morgan fingerprint density at radius 2 is 1.91 bits per heavy atom. The molecule has 0 aliphatic carbocycles. The number of amides is 1. The molecule has 2 heterocycles. The molecular formula is C23H26N8O2. The maximum atomic E-state index is 12.8. The van der Waals surface area contributed by atoms with Crippen molar-refractivity contribution in [1.29, 1.82) is 5.41 Å². The third-order valence-electron chi connectivity index (χ3n) is 5.43. The van der Waals surface area contributed by atoms with E-state index in [1.807, 2.05) is 42.2 Å². The van der Waals surface area contributed by atoms with E-state index in [0.29, 0.717) is 47.2 Å². The van der Waals surface area contributed by atoms with Crippen LogP contribution < -0.4 is 27.4 Å². The van der Waals surface area contributed by atoms with Gasteiger partial charge in [-0.05, 0) is 31.2 Å². The fourth-order valence-corrected chi connectivity index (χ4v) is 3.69. The van der Waals surface area contributed by atoms with E-state index >= 15 is 0 Å². The molecule has 0 spiro atoms. The SMILES string of the molecule is CC1COC(C(=O)Nc2ccccc2)CN1c1cc(-c2ccc(C(=N)N)c(N)c2)nc(N)n1. The van der Waals surface area contributed by atoms with Crippen molar-refractivity contribution < 1.29 is 9.53 Å².